The Morgan fingerprint density at radius 2 is 1.85 bits per heavy atom. The number of likely N-dealkylation sites (tertiary alicyclic amines) is 1. The van der Waals surface area contributed by atoms with Crippen molar-refractivity contribution in [2.24, 2.45) is 5.92 Å². The lowest BCUT2D eigenvalue weighted by molar-refractivity contribution is 0.0600. The number of rotatable bonds is 2. The van der Waals surface area contributed by atoms with Crippen LogP contribution in [-0.4, -0.2) is 28.5 Å². The highest BCUT2D eigenvalue weighted by atomic mass is 32.1. The van der Waals surface area contributed by atoms with Gasteiger partial charge in [0.1, 0.15) is 0 Å². The van der Waals surface area contributed by atoms with Gasteiger partial charge in [-0.15, -0.1) is 22.7 Å². The predicted octanol–water partition coefficient (Wildman–Crippen LogP) is 3.90. The first-order valence-electron chi connectivity index (χ1n) is 8.81. The molecule has 3 aromatic rings. The SMILES string of the molecule is O=C(c1cccs1)N1C[C@@H]2C[C@H](C1)c1c(-c3cccs3)ccc(=O)n1C2. The summed E-state index contributed by atoms with van der Waals surface area (Å²) < 4.78 is 1.96. The van der Waals surface area contributed by atoms with Crippen LogP contribution in [0, 0.1) is 5.92 Å². The minimum absolute atomic E-state index is 0.0769. The first-order chi connectivity index (χ1) is 12.7. The molecular weight excluding hydrogens is 364 g/mol. The topological polar surface area (TPSA) is 42.3 Å². The molecule has 0 spiro atoms. The summed E-state index contributed by atoms with van der Waals surface area (Å²) in [5, 5.41) is 4.01. The number of thiophene rings is 2. The number of carbonyl (C=O) groups excluding carboxylic acids is 1. The van der Waals surface area contributed by atoms with E-state index in [9.17, 15) is 9.59 Å². The molecule has 6 heteroatoms. The molecule has 0 saturated carbocycles. The van der Waals surface area contributed by atoms with Crippen LogP contribution in [-0.2, 0) is 6.54 Å². The molecule has 5 rings (SSSR count). The molecule has 1 fully saturated rings. The summed E-state index contributed by atoms with van der Waals surface area (Å²) in [5.74, 6) is 0.693. The third-order valence-electron chi connectivity index (χ3n) is 5.40. The zero-order chi connectivity index (χ0) is 17.7. The van der Waals surface area contributed by atoms with Crippen LogP contribution >= 0.6 is 22.7 Å². The summed E-state index contributed by atoms with van der Waals surface area (Å²) in [6.07, 6.45) is 1.05. The smallest absolute Gasteiger partial charge is 0.263 e. The molecule has 4 nitrogen and oxygen atoms in total. The van der Waals surface area contributed by atoms with Crippen molar-refractivity contribution in [3.05, 3.63) is 68.1 Å². The fourth-order valence-electron chi connectivity index (χ4n) is 4.38. The fraction of sp³-hybridized carbons (Fsp3) is 0.300. The van der Waals surface area contributed by atoms with E-state index in [1.54, 1.807) is 17.4 Å². The van der Waals surface area contributed by atoms with Crippen molar-refractivity contribution < 1.29 is 4.79 Å². The van der Waals surface area contributed by atoms with E-state index >= 15 is 0 Å². The van der Waals surface area contributed by atoms with E-state index in [0.717, 1.165) is 29.1 Å². The van der Waals surface area contributed by atoms with Crippen molar-refractivity contribution in [2.45, 2.75) is 18.9 Å². The summed E-state index contributed by atoms with van der Waals surface area (Å²) in [6, 6.07) is 11.6. The van der Waals surface area contributed by atoms with Gasteiger partial charge in [0.15, 0.2) is 0 Å². The predicted molar refractivity (Wildman–Crippen MR) is 105 cm³/mol. The highest BCUT2D eigenvalue weighted by Gasteiger charge is 2.38. The number of carbonyl (C=O) groups is 1. The summed E-state index contributed by atoms with van der Waals surface area (Å²) in [4.78, 5) is 29.3. The van der Waals surface area contributed by atoms with Crippen molar-refractivity contribution >= 4 is 28.6 Å². The van der Waals surface area contributed by atoms with Gasteiger partial charge in [-0.05, 0) is 41.3 Å². The zero-order valence-electron chi connectivity index (χ0n) is 14.1. The number of pyridine rings is 1. The van der Waals surface area contributed by atoms with Crippen molar-refractivity contribution in [3.63, 3.8) is 0 Å². The zero-order valence-corrected chi connectivity index (χ0v) is 15.8. The Kier molecular flexibility index (Phi) is 3.83. The lowest BCUT2D eigenvalue weighted by Crippen LogP contribution is -2.49. The van der Waals surface area contributed by atoms with Gasteiger partial charge in [0.2, 0.25) is 0 Å². The normalized spacial score (nSPS) is 21.5. The Hall–Kier alpha value is -2.18. The lowest BCUT2D eigenvalue weighted by atomic mass is 9.81. The molecule has 2 bridgehead atoms. The minimum Gasteiger partial charge on any atom is -0.337 e. The molecule has 132 valence electrons. The minimum atomic E-state index is 0.0769. The van der Waals surface area contributed by atoms with E-state index in [0.29, 0.717) is 19.0 Å². The Bertz CT molecular complexity index is 1010. The van der Waals surface area contributed by atoms with Crippen LogP contribution in [0.4, 0.5) is 0 Å². The van der Waals surface area contributed by atoms with Crippen molar-refractivity contribution in [1.82, 2.24) is 9.47 Å². The Morgan fingerprint density at radius 1 is 1.00 bits per heavy atom. The first kappa shape index (κ1) is 16.0. The molecule has 2 atom stereocenters. The molecule has 0 aliphatic carbocycles. The second-order valence-electron chi connectivity index (χ2n) is 7.04. The monoisotopic (exact) mass is 382 g/mol. The number of hydrogen-bond donors (Lipinski definition) is 0. The van der Waals surface area contributed by atoms with Crippen LogP contribution in [0.1, 0.15) is 27.7 Å². The average molecular weight is 383 g/mol. The molecule has 0 N–H and O–H groups in total. The molecule has 2 aliphatic rings. The summed E-state index contributed by atoms with van der Waals surface area (Å²) in [7, 11) is 0. The van der Waals surface area contributed by atoms with Gasteiger partial charge in [0, 0.05) is 47.8 Å². The molecule has 1 saturated heterocycles. The summed E-state index contributed by atoms with van der Waals surface area (Å²) in [5.41, 5.74) is 2.33. The van der Waals surface area contributed by atoms with Crippen LogP contribution in [0.3, 0.4) is 0 Å². The molecule has 0 aromatic carbocycles. The quantitative estimate of drug-likeness (QED) is 0.675. The van der Waals surface area contributed by atoms with E-state index in [1.807, 2.05) is 39.1 Å². The fourth-order valence-corrected chi connectivity index (χ4v) is 5.83. The first-order valence-corrected chi connectivity index (χ1v) is 10.6. The van der Waals surface area contributed by atoms with Crippen LogP contribution in [0.25, 0.3) is 10.4 Å². The van der Waals surface area contributed by atoms with Gasteiger partial charge in [-0.1, -0.05) is 12.1 Å². The molecule has 3 aromatic heterocycles. The van der Waals surface area contributed by atoms with Gasteiger partial charge in [-0.3, -0.25) is 9.59 Å². The molecular formula is C20H18N2O2S2. The van der Waals surface area contributed by atoms with Crippen LogP contribution in [0.15, 0.2) is 52.0 Å². The summed E-state index contributed by atoms with van der Waals surface area (Å²) >= 11 is 3.19. The highest BCUT2D eigenvalue weighted by molar-refractivity contribution is 7.13. The van der Waals surface area contributed by atoms with Gasteiger partial charge in [0.25, 0.3) is 11.5 Å². The molecule has 26 heavy (non-hydrogen) atoms. The largest absolute Gasteiger partial charge is 0.337 e. The number of fused-ring (bicyclic) bond motifs is 4. The maximum absolute atomic E-state index is 12.9. The number of piperidine rings is 1. The van der Waals surface area contributed by atoms with Gasteiger partial charge in [0.05, 0.1) is 4.88 Å². The Balaban J connectivity index is 1.56. The van der Waals surface area contributed by atoms with Gasteiger partial charge in [-0.25, -0.2) is 0 Å². The molecule has 0 unspecified atom stereocenters. The molecule has 0 radical (unpaired) electrons. The Labute approximate surface area is 159 Å². The lowest BCUT2D eigenvalue weighted by Gasteiger charge is -2.43. The molecule has 1 amide bonds. The van der Waals surface area contributed by atoms with E-state index in [4.69, 9.17) is 0 Å². The van der Waals surface area contributed by atoms with E-state index in [2.05, 4.69) is 11.4 Å². The van der Waals surface area contributed by atoms with Crippen LogP contribution in [0.5, 0.6) is 0 Å². The van der Waals surface area contributed by atoms with E-state index < -0.39 is 0 Å². The molecule has 5 heterocycles. The third kappa shape index (κ3) is 2.56. The van der Waals surface area contributed by atoms with Gasteiger partial charge < -0.3 is 9.47 Å². The summed E-state index contributed by atoms with van der Waals surface area (Å²) in [6.45, 7) is 2.13. The van der Waals surface area contributed by atoms with Crippen molar-refractivity contribution in [3.8, 4) is 10.4 Å². The average Bonchev–Trinajstić information content (AvgIpc) is 3.35. The van der Waals surface area contributed by atoms with Crippen LogP contribution < -0.4 is 5.56 Å². The van der Waals surface area contributed by atoms with Crippen LogP contribution in [0.2, 0.25) is 0 Å². The maximum atomic E-state index is 12.9. The second kappa shape index (κ2) is 6.21. The number of amides is 1. The Morgan fingerprint density at radius 3 is 2.62 bits per heavy atom. The number of aromatic nitrogens is 1. The van der Waals surface area contributed by atoms with E-state index in [1.165, 1.54) is 16.2 Å². The molecule has 2 aliphatic heterocycles. The van der Waals surface area contributed by atoms with E-state index in [-0.39, 0.29) is 17.4 Å². The number of hydrogen-bond acceptors (Lipinski definition) is 4. The standard InChI is InChI=1S/C20H18N2O2S2/c23-18-6-5-15(16-3-1-7-25-16)19-14-9-13(11-22(18)19)10-21(12-14)20(24)17-4-2-8-26-17/h1-8,13-14H,9-12H2/t13-,14+/m0/s1. The maximum Gasteiger partial charge on any atom is 0.263 e. The van der Waals surface area contributed by atoms with Gasteiger partial charge >= 0.3 is 0 Å². The highest BCUT2D eigenvalue weighted by Crippen LogP contribution is 2.41. The number of nitrogens with zero attached hydrogens (tertiary/aromatic N) is 2. The van der Waals surface area contributed by atoms with Gasteiger partial charge in [-0.2, -0.15) is 0 Å². The third-order valence-corrected chi connectivity index (χ3v) is 7.16. The second-order valence-corrected chi connectivity index (χ2v) is 8.94. The van der Waals surface area contributed by atoms with Crippen molar-refractivity contribution in [2.75, 3.05) is 13.1 Å². The van der Waals surface area contributed by atoms with Crippen molar-refractivity contribution in [1.29, 1.82) is 0 Å².